The molecule has 5 nitrogen and oxygen atoms in total. The molecule has 1 N–H and O–H groups in total. The third-order valence-corrected chi connectivity index (χ3v) is 4.44. The molecule has 0 amide bonds. The predicted octanol–water partition coefficient (Wildman–Crippen LogP) is 5.73. The molecule has 0 bridgehead atoms. The number of alkyl halides is 5. The molecule has 0 fully saturated rings. The second-order valence-corrected chi connectivity index (χ2v) is 7.95. The third-order valence-electron chi connectivity index (χ3n) is 4.44. The van der Waals surface area contributed by atoms with Crippen molar-refractivity contribution < 1.29 is 26.3 Å². The van der Waals surface area contributed by atoms with Crippen LogP contribution >= 0.6 is 0 Å². The zero-order chi connectivity index (χ0) is 22.4. The molecule has 1 atom stereocenters. The standard InChI is InChI=1S/C19H19F6N5/c1-9-7-13(30-17(26-9)28-16(29-30)15(21)22)27-14(18(2,3)4)10-5-6-11(12(20)8-10)19(23,24)25/h5-8,14-15,27H,1-4H3/t14-/m0/s1. The van der Waals surface area contributed by atoms with Gasteiger partial charge in [-0.25, -0.2) is 18.2 Å². The summed E-state index contributed by atoms with van der Waals surface area (Å²) in [5.74, 6) is -1.91. The van der Waals surface area contributed by atoms with Crippen LogP contribution in [0.2, 0.25) is 0 Å². The van der Waals surface area contributed by atoms with Crippen molar-refractivity contribution in [2.45, 2.75) is 46.3 Å². The molecule has 2 aromatic heterocycles. The summed E-state index contributed by atoms with van der Waals surface area (Å²) in [6, 6.07) is 3.55. The number of anilines is 1. The highest BCUT2D eigenvalue weighted by atomic mass is 19.4. The molecule has 0 unspecified atom stereocenters. The molecule has 0 saturated carbocycles. The van der Waals surface area contributed by atoms with Gasteiger partial charge in [0.05, 0.1) is 11.6 Å². The molecular weight excluding hydrogens is 412 g/mol. The van der Waals surface area contributed by atoms with Crippen LogP contribution in [0.25, 0.3) is 5.78 Å². The maximum absolute atomic E-state index is 14.2. The van der Waals surface area contributed by atoms with E-state index in [1.807, 2.05) is 0 Å². The molecule has 3 rings (SSSR count). The zero-order valence-electron chi connectivity index (χ0n) is 16.5. The van der Waals surface area contributed by atoms with Crippen LogP contribution in [0.3, 0.4) is 0 Å². The normalized spacial score (nSPS) is 13.8. The van der Waals surface area contributed by atoms with E-state index >= 15 is 0 Å². The number of rotatable bonds is 4. The highest BCUT2D eigenvalue weighted by Crippen LogP contribution is 2.38. The fourth-order valence-electron chi connectivity index (χ4n) is 3.09. The van der Waals surface area contributed by atoms with Gasteiger partial charge in [-0.05, 0) is 30.0 Å². The van der Waals surface area contributed by atoms with Gasteiger partial charge in [-0.1, -0.05) is 26.8 Å². The van der Waals surface area contributed by atoms with E-state index in [1.54, 1.807) is 27.7 Å². The number of aromatic nitrogens is 4. The lowest BCUT2D eigenvalue weighted by Crippen LogP contribution is -2.27. The number of hydrogen-bond donors (Lipinski definition) is 1. The largest absolute Gasteiger partial charge is 0.419 e. The molecule has 30 heavy (non-hydrogen) atoms. The van der Waals surface area contributed by atoms with Gasteiger partial charge in [0, 0.05) is 11.8 Å². The van der Waals surface area contributed by atoms with Crippen molar-refractivity contribution in [3.63, 3.8) is 0 Å². The SMILES string of the molecule is Cc1cc(N[C@@H](c2ccc(C(F)(F)F)c(F)c2)C(C)(C)C)n2nc(C(F)F)nc2n1. The molecule has 0 aliphatic rings. The van der Waals surface area contributed by atoms with Gasteiger partial charge < -0.3 is 5.32 Å². The molecule has 0 radical (unpaired) electrons. The molecule has 0 spiro atoms. The van der Waals surface area contributed by atoms with Crippen molar-refractivity contribution >= 4 is 11.6 Å². The van der Waals surface area contributed by atoms with E-state index in [2.05, 4.69) is 20.4 Å². The molecule has 162 valence electrons. The van der Waals surface area contributed by atoms with E-state index in [0.717, 1.165) is 10.6 Å². The predicted molar refractivity (Wildman–Crippen MR) is 97.7 cm³/mol. The zero-order valence-corrected chi connectivity index (χ0v) is 16.5. The van der Waals surface area contributed by atoms with E-state index in [4.69, 9.17) is 0 Å². The Bertz CT molecular complexity index is 1070. The number of benzene rings is 1. The van der Waals surface area contributed by atoms with Crippen LogP contribution in [0.4, 0.5) is 32.2 Å². The monoisotopic (exact) mass is 431 g/mol. The first-order valence-electron chi connectivity index (χ1n) is 8.93. The van der Waals surface area contributed by atoms with Crippen molar-refractivity contribution in [1.29, 1.82) is 0 Å². The Balaban J connectivity index is 2.08. The number of fused-ring (bicyclic) bond motifs is 1. The van der Waals surface area contributed by atoms with E-state index in [9.17, 15) is 26.3 Å². The van der Waals surface area contributed by atoms with Crippen LogP contribution < -0.4 is 5.32 Å². The lowest BCUT2D eigenvalue weighted by atomic mass is 9.82. The third kappa shape index (κ3) is 4.34. The molecular formula is C19H19F6N5. The van der Waals surface area contributed by atoms with Crippen molar-refractivity contribution in [1.82, 2.24) is 19.6 Å². The van der Waals surface area contributed by atoms with Crippen LogP contribution in [-0.2, 0) is 6.18 Å². The van der Waals surface area contributed by atoms with Crippen LogP contribution in [-0.4, -0.2) is 19.6 Å². The molecule has 11 heteroatoms. The first-order chi connectivity index (χ1) is 13.8. The van der Waals surface area contributed by atoms with Gasteiger partial charge in [0.25, 0.3) is 12.2 Å². The van der Waals surface area contributed by atoms with E-state index in [-0.39, 0.29) is 17.2 Å². The van der Waals surface area contributed by atoms with Gasteiger partial charge in [-0.15, -0.1) is 5.10 Å². The quantitative estimate of drug-likeness (QED) is 0.537. The summed E-state index contributed by atoms with van der Waals surface area (Å²) >= 11 is 0. The highest BCUT2D eigenvalue weighted by molar-refractivity contribution is 5.48. The maximum atomic E-state index is 14.2. The molecule has 0 aliphatic heterocycles. The van der Waals surface area contributed by atoms with E-state index < -0.39 is 41.3 Å². The Labute approximate surface area is 168 Å². The fraction of sp³-hybridized carbons (Fsp3) is 0.421. The van der Waals surface area contributed by atoms with Gasteiger partial charge in [-0.3, -0.25) is 0 Å². The van der Waals surface area contributed by atoms with Gasteiger partial charge in [0.1, 0.15) is 11.6 Å². The summed E-state index contributed by atoms with van der Waals surface area (Å²) in [6.45, 7) is 7.04. The Morgan fingerprint density at radius 3 is 2.23 bits per heavy atom. The summed E-state index contributed by atoms with van der Waals surface area (Å²) in [5.41, 5.74) is -1.24. The average Bonchev–Trinajstić information content (AvgIpc) is 3.01. The molecule has 1 aromatic carbocycles. The minimum Gasteiger partial charge on any atom is -0.363 e. The van der Waals surface area contributed by atoms with Crippen molar-refractivity contribution in [3.8, 4) is 0 Å². The van der Waals surface area contributed by atoms with Crippen molar-refractivity contribution in [2.75, 3.05) is 5.32 Å². The molecule has 2 heterocycles. The summed E-state index contributed by atoms with van der Waals surface area (Å²) in [4.78, 5) is 7.76. The fourth-order valence-corrected chi connectivity index (χ4v) is 3.09. The van der Waals surface area contributed by atoms with Crippen molar-refractivity contribution in [2.24, 2.45) is 5.41 Å². The van der Waals surface area contributed by atoms with E-state index in [1.165, 1.54) is 12.1 Å². The van der Waals surface area contributed by atoms with Crippen molar-refractivity contribution in [3.05, 3.63) is 52.7 Å². The van der Waals surface area contributed by atoms with Gasteiger partial charge in [0.15, 0.2) is 0 Å². The smallest absolute Gasteiger partial charge is 0.363 e. The van der Waals surface area contributed by atoms with Crippen LogP contribution in [0.5, 0.6) is 0 Å². The minimum atomic E-state index is -4.81. The summed E-state index contributed by atoms with van der Waals surface area (Å²) in [5, 5.41) is 6.84. The Kier molecular flexibility index (Phi) is 5.42. The maximum Gasteiger partial charge on any atom is 0.419 e. The highest BCUT2D eigenvalue weighted by Gasteiger charge is 2.35. The average molecular weight is 431 g/mol. The Morgan fingerprint density at radius 2 is 1.70 bits per heavy atom. The second-order valence-electron chi connectivity index (χ2n) is 7.95. The topological polar surface area (TPSA) is 55.1 Å². The summed E-state index contributed by atoms with van der Waals surface area (Å²) in [7, 11) is 0. The van der Waals surface area contributed by atoms with Crippen LogP contribution in [0, 0.1) is 18.2 Å². The Hall–Kier alpha value is -2.85. The number of hydrogen-bond acceptors (Lipinski definition) is 4. The molecule has 0 saturated heterocycles. The number of aryl methyl sites for hydroxylation is 1. The van der Waals surface area contributed by atoms with E-state index in [0.29, 0.717) is 11.8 Å². The first kappa shape index (κ1) is 21.8. The van der Waals surface area contributed by atoms with Crippen LogP contribution in [0.15, 0.2) is 24.3 Å². The summed E-state index contributed by atoms with van der Waals surface area (Å²) < 4.78 is 80.0. The van der Waals surface area contributed by atoms with Crippen LogP contribution in [0.1, 0.15) is 55.9 Å². The number of nitrogens with one attached hydrogen (secondary N) is 1. The summed E-state index contributed by atoms with van der Waals surface area (Å²) in [6.07, 6.45) is -7.71. The van der Waals surface area contributed by atoms with Gasteiger partial charge in [-0.2, -0.15) is 22.7 Å². The Morgan fingerprint density at radius 1 is 1.03 bits per heavy atom. The number of nitrogens with zero attached hydrogens (tertiary/aromatic N) is 4. The first-order valence-corrected chi connectivity index (χ1v) is 8.93. The molecule has 0 aliphatic carbocycles. The lowest BCUT2D eigenvalue weighted by molar-refractivity contribution is -0.140. The van der Waals surface area contributed by atoms with Gasteiger partial charge >= 0.3 is 6.18 Å². The van der Waals surface area contributed by atoms with Gasteiger partial charge in [0.2, 0.25) is 5.82 Å². The lowest BCUT2D eigenvalue weighted by Gasteiger charge is -2.33. The molecule has 3 aromatic rings. The second kappa shape index (κ2) is 7.44. The number of halogens is 6. The minimum absolute atomic E-state index is 0.0564.